The molecule has 0 atom stereocenters. The van der Waals surface area contributed by atoms with Gasteiger partial charge in [0.2, 0.25) is 5.91 Å². The summed E-state index contributed by atoms with van der Waals surface area (Å²) in [7, 11) is 0. The topological polar surface area (TPSA) is 72.7 Å². The Morgan fingerprint density at radius 1 is 1.32 bits per heavy atom. The third-order valence-corrected chi connectivity index (χ3v) is 5.67. The zero-order valence-corrected chi connectivity index (χ0v) is 15.6. The Balaban J connectivity index is 1.37. The molecule has 6 nitrogen and oxygen atoms in total. The fourth-order valence-electron chi connectivity index (χ4n) is 3.06. The van der Waals surface area contributed by atoms with E-state index in [2.05, 4.69) is 20.8 Å². The number of rotatable bonds is 8. The summed E-state index contributed by atoms with van der Waals surface area (Å²) >= 11 is 7.65. The van der Waals surface area contributed by atoms with Crippen LogP contribution in [-0.2, 0) is 17.0 Å². The highest BCUT2D eigenvalue weighted by atomic mass is 35.5. The van der Waals surface area contributed by atoms with Gasteiger partial charge in [0.05, 0.1) is 17.5 Å². The maximum absolute atomic E-state index is 12.0. The van der Waals surface area contributed by atoms with Crippen LogP contribution in [0.25, 0.3) is 0 Å². The summed E-state index contributed by atoms with van der Waals surface area (Å²) < 4.78 is 1.94. The van der Waals surface area contributed by atoms with E-state index in [4.69, 9.17) is 11.6 Å². The van der Waals surface area contributed by atoms with Crippen molar-refractivity contribution in [1.82, 2.24) is 25.5 Å². The van der Waals surface area contributed by atoms with Crippen LogP contribution in [0.3, 0.4) is 0 Å². The molecule has 0 radical (unpaired) electrons. The van der Waals surface area contributed by atoms with E-state index in [1.165, 1.54) is 12.8 Å². The van der Waals surface area contributed by atoms with Crippen LogP contribution in [0.4, 0.5) is 0 Å². The lowest BCUT2D eigenvalue weighted by Gasteiger charge is -2.11. The Kier molecular flexibility index (Phi) is 6.69. The second-order valence-electron chi connectivity index (χ2n) is 6.16. The number of halogens is 1. The van der Waals surface area contributed by atoms with Gasteiger partial charge in [-0.15, -0.1) is 16.9 Å². The standard InChI is InChI=1S/C17H22ClN5OS/c18-15-8-4-1-5-13(15)9-10-19-17(24)12-25-11-16-20-21-22-23(16)14-6-2-3-7-14/h1,4-5,8,14H,2-3,6-7,9-12H2,(H,19,24). The van der Waals surface area contributed by atoms with Crippen molar-refractivity contribution in [1.29, 1.82) is 0 Å². The summed E-state index contributed by atoms with van der Waals surface area (Å²) in [6.07, 6.45) is 5.50. The third-order valence-electron chi connectivity index (χ3n) is 4.37. The zero-order valence-electron chi connectivity index (χ0n) is 14.0. The summed E-state index contributed by atoms with van der Waals surface area (Å²) in [6, 6.07) is 8.12. The van der Waals surface area contributed by atoms with Crippen molar-refractivity contribution in [2.45, 2.75) is 43.9 Å². The van der Waals surface area contributed by atoms with E-state index >= 15 is 0 Å². The Morgan fingerprint density at radius 2 is 2.12 bits per heavy atom. The molecule has 1 N–H and O–H groups in total. The van der Waals surface area contributed by atoms with Crippen molar-refractivity contribution in [2.75, 3.05) is 12.3 Å². The van der Waals surface area contributed by atoms with E-state index in [1.54, 1.807) is 11.8 Å². The highest BCUT2D eigenvalue weighted by Crippen LogP contribution is 2.29. The monoisotopic (exact) mass is 379 g/mol. The van der Waals surface area contributed by atoms with Crippen LogP contribution in [0, 0.1) is 0 Å². The van der Waals surface area contributed by atoms with Gasteiger partial charge in [-0.1, -0.05) is 42.6 Å². The molecule has 25 heavy (non-hydrogen) atoms. The normalized spacial score (nSPS) is 14.8. The lowest BCUT2D eigenvalue weighted by molar-refractivity contribution is -0.118. The number of hydrogen-bond acceptors (Lipinski definition) is 5. The lowest BCUT2D eigenvalue weighted by Crippen LogP contribution is -2.27. The number of benzene rings is 1. The second kappa shape index (κ2) is 9.20. The quantitative estimate of drug-likeness (QED) is 0.763. The number of amides is 1. The van der Waals surface area contributed by atoms with Gasteiger partial charge in [-0.3, -0.25) is 4.79 Å². The number of carbonyl (C=O) groups excluding carboxylic acids is 1. The van der Waals surface area contributed by atoms with Gasteiger partial charge in [-0.05, 0) is 41.3 Å². The van der Waals surface area contributed by atoms with E-state index in [1.807, 2.05) is 28.9 Å². The molecule has 1 saturated carbocycles. The number of nitrogens with zero attached hydrogens (tertiary/aromatic N) is 4. The number of nitrogens with one attached hydrogen (secondary N) is 1. The van der Waals surface area contributed by atoms with Gasteiger partial charge in [0.25, 0.3) is 0 Å². The molecule has 1 aromatic heterocycles. The van der Waals surface area contributed by atoms with Gasteiger partial charge < -0.3 is 5.32 Å². The second-order valence-corrected chi connectivity index (χ2v) is 7.55. The van der Waals surface area contributed by atoms with Gasteiger partial charge in [0.1, 0.15) is 0 Å². The minimum Gasteiger partial charge on any atom is -0.355 e. The molecule has 0 unspecified atom stereocenters. The molecule has 0 aliphatic heterocycles. The Bertz CT molecular complexity index is 702. The first-order chi connectivity index (χ1) is 12.2. The van der Waals surface area contributed by atoms with Gasteiger partial charge in [-0.2, -0.15) is 0 Å². The molecule has 3 rings (SSSR count). The summed E-state index contributed by atoms with van der Waals surface area (Å²) in [5, 5.41) is 15.7. The summed E-state index contributed by atoms with van der Waals surface area (Å²) in [6.45, 7) is 0.586. The van der Waals surface area contributed by atoms with Crippen molar-refractivity contribution in [2.24, 2.45) is 0 Å². The summed E-state index contributed by atoms with van der Waals surface area (Å²) in [5.41, 5.74) is 1.05. The smallest absolute Gasteiger partial charge is 0.230 e. The van der Waals surface area contributed by atoms with Gasteiger partial charge in [-0.25, -0.2) is 4.68 Å². The molecule has 1 aliphatic carbocycles. The Hall–Kier alpha value is -1.60. The highest BCUT2D eigenvalue weighted by Gasteiger charge is 2.21. The predicted molar refractivity (Wildman–Crippen MR) is 99.6 cm³/mol. The van der Waals surface area contributed by atoms with Crippen molar-refractivity contribution >= 4 is 29.3 Å². The van der Waals surface area contributed by atoms with Crippen LogP contribution >= 0.6 is 23.4 Å². The SMILES string of the molecule is O=C(CSCc1nnnn1C1CCCC1)NCCc1ccccc1Cl. The average Bonchev–Trinajstić information content (AvgIpc) is 3.27. The van der Waals surface area contributed by atoms with E-state index in [0.29, 0.717) is 24.1 Å². The molecular formula is C17H22ClN5OS. The minimum absolute atomic E-state index is 0.0249. The first-order valence-electron chi connectivity index (χ1n) is 8.58. The first kappa shape index (κ1) is 18.2. The molecule has 1 fully saturated rings. The molecule has 1 amide bonds. The molecule has 8 heteroatoms. The Labute approximate surface area is 156 Å². The number of tetrazole rings is 1. The van der Waals surface area contributed by atoms with Gasteiger partial charge in [0.15, 0.2) is 5.82 Å². The van der Waals surface area contributed by atoms with E-state index < -0.39 is 0 Å². The predicted octanol–water partition coefficient (Wildman–Crippen LogP) is 3.03. The molecule has 0 saturated heterocycles. The summed E-state index contributed by atoms with van der Waals surface area (Å²) in [4.78, 5) is 12.0. The van der Waals surface area contributed by atoms with E-state index in [-0.39, 0.29) is 5.91 Å². The number of aromatic nitrogens is 4. The maximum atomic E-state index is 12.0. The Morgan fingerprint density at radius 3 is 2.92 bits per heavy atom. The molecule has 134 valence electrons. The third kappa shape index (κ3) is 5.19. The number of carbonyl (C=O) groups is 1. The number of hydrogen-bond donors (Lipinski definition) is 1. The van der Waals surface area contributed by atoms with Gasteiger partial charge >= 0.3 is 0 Å². The molecule has 0 bridgehead atoms. The zero-order chi connectivity index (χ0) is 17.5. The van der Waals surface area contributed by atoms with Crippen LogP contribution in [0.2, 0.25) is 5.02 Å². The fraction of sp³-hybridized carbons (Fsp3) is 0.529. The highest BCUT2D eigenvalue weighted by molar-refractivity contribution is 7.99. The molecular weight excluding hydrogens is 358 g/mol. The largest absolute Gasteiger partial charge is 0.355 e. The van der Waals surface area contributed by atoms with Crippen LogP contribution in [0.15, 0.2) is 24.3 Å². The van der Waals surface area contributed by atoms with E-state index in [9.17, 15) is 4.79 Å². The van der Waals surface area contributed by atoms with Gasteiger partial charge in [0, 0.05) is 11.6 Å². The molecule has 2 aromatic rings. The molecule has 0 spiro atoms. The lowest BCUT2D eigenvalue weighted by atomic mass is 10.1. The number of thioether (sulfide) groups is 1. The van der Waals surface area contributed by atoms with Crippen molar-refractivity contribution in [3.05, 3.63) is 40.7 Å². The van der Waals surface area contributed by atoms with Crippen LogP contribution in [-0.4, -0.2) is 38.4 Å². The van der Waals surface area contributed by atoms with Crippen LogP contribution < -0.4 is 5.32 Å². The first-order valence-corrected chi connectivity index (χ1v) is 10.1. The van der Waals surface area contributed by atoms with Crippen molar-refractivity contribution in [3.8, 4) is 0 Å². The van der Waals surface area contributed by atoms with E-state index in [0.717, 1.165) is 35.7 Å². The molecule has 1 heterocycles. The maximum Gasteiger partial charge on any atom is 0.230 e. The summed E-state index contributed by atoms with van der Waals surface area (Å²) in [5.74, 6) is 1.94. The van der Waals surface area contributed by atoms with Crippen molar-refractivity contribution < 1.29 is 4.79 Å². The average molecular weight is 380 g/mol. The van der Waals surface area contributed by atoms with Crippen LogP contribution in [0.1, 0.15) is 43.1 Å². The molecule has 1 aromatic carbocycles. The minimum atomic E-state index is 0.0249. The van der Waals surface area contributed by atoms with Crippen molar-refractivity contribution in [3.63, 3.8) is 0 Å². The van der Waals surface area contributed by atoms with Crippen LogP contribution in [0.5, 0.6) is 0 Å². The molecule has 1 aliphatic rings. The fourth-order valence-corrected chi connectivity index (χ4v) is 4.06.